The molecule has 1 aliphatic carbocycles. The second-order valence-electron chi connectivity index (χ2n) is 10.6. The van der Waals surface area contributed by atoms with Crippen LogP contribution in [-0.2, 0) is 14.2 Å². The molecular formula is C23H45N9O8. The van der Waals surface area contributed by atoms with Crippen LogP contribution in [0.5, 0.6) is 0 Å². The third-order valence-corrected chi connectivity index (χ3v) is 7.61. The number of aliphatic imine (C=N–C) groups is 1. The Hall–Kier alpha value is -2.32. The molecule has 11 atom stereocenters. The fraction of sp³-hybridized carbons (Fsp3) is 0.826. The fourth-order valence-electron chi connectivity index (χ4n) is 5.70. The Labute approximate surface area is 232 Å². The van der Waals surface area contributed by atoms with Crippen LogP contribution in [-0.4, -0.2) is 131 Å². The summed E-state index contributed by atoms with van der Waals surface area (Å²) >= 11 is 0. The van der Waals surface area contributed by atoms with Crippen molar-refractivity contribution in [1.29, 1.82) is 0 Å². The van der Waals surface area contributed by atoms with Gasteiger partial charge in [0.05, 0.1) is 43.9 Å². The Morgan fingerprint density at radius 3 is 2.60 bits per heavy atom. The normalized spacial score (nSPS) is 40.0. The molecule has 230 valence electrons. The van der Waals surface area contributed by atoms with E-state index in [2.05, 4.69) is 15.6 Å². The van der Waals surface area contributed by atoms with Crippen LogP contribution in [0.2, 0.25) is 0 Å². The summed E-state index contributed by atoms with van der Waals surface area (Å²) in [4.78, 5) is 16.9. The average Bonchev–Trinajstić information content (AvgIpc) is 2.88. The first-order chi connectivity index (χ1) is 18.8. The third-order valence-electron chi connectivity index (χ3n) is 7.61. The number of carbonyl (C=O) groups excluding carboxylic acids is 1. The molecule has 3 aliphatic rings. The van der Waals surface area contributed by atoms with Gasteiger partial charge in [-0.25, -0.2) is 14.9 Å². The number of aliphatic hydroxyl groups is 3. The molecule has 0 bridgehead atoms. The van der Waals surface area contributed by atoms with Crippen molar-refractivity contribution < 1.29 is 39.5 Å². The Bertz CT molecular complexity index is 921. The highest BCUT2D eigenvalue weighted by molar-refractivity contribution is 5.76. The van der Waals surface area contributed by atoms with Crippen molar-refractivity contribution in [3.63, 3.8) is 0 Å². The van der Waals surface area contributed by atoms with Crippen LogP contribution in [0.3, 0.4) is 0 Å². The first-order valence-electron chi connectivity index (χ1n) is 13.2. The summed E-state index contributed by atoms with van der Waals surface area (Å²) in [7, 11) is 1.57. The van der Waals surface area contributed by atoms with Crippen LogP contribution < -0.4 is 39.3 Å². The fourth-order valence-corrected chi connectivity index (χ4v) is 5.70. The molecule has 40 heavy (non-hydrogen) atoms. The van der Waals surface area contributed by atoms with E-state index in [-0.39, 0.29) is 38.6 Å². The summed E-state index contributed by atoms with van der Waals surface area (Å²) in [6, 6.07) is -4.02. The van der Waals surface area contributed by atoms with Gasteiger partial charge in [-0.3, -0.25) is 5.21 Å². The Morgan fingerprint density at radius 1 is 1.30 bits per heavy atom. The van der Waals surface area contributed by atoms with Crippen molar-refractivity contribution in [3.8, 4) is 0 Å². The zero-order valence-corrected chi connectivity index (χ0v) is 22.8. The van der Waals surface area contributed by atoms with Crippen LogP contribution in [0.25, 0.3) is 0 Å². The average molecular weight is 576 g/mol. The van der Waals surface area contributed by atoms with Gasteiger partial charge in [0.25, 0.3) is 0 Å². The minimum absolute atomic E-state index is 0.00829. The highest BCUT2D eigenvalue weighted by Gasteiger charge is 2.53. The van der Waals surface area contributed by atoms with Gasteiger partial charge in [-0.2, -0.15) is 0 Å². The molecule has 2 heterocycles. The molecule has 17 heteroatoms. The lowest BCUT2D eigenvalue weighted by atomic mass is 9.72. The van der Waals surface area contributed by atoms with Crippen LogP contribution in [0.15, 0.2) is 16.8 Å². The van der Waals surface area contributed by atoms with Gasteiger partial charge in [-0.05, 0) is 32.9 Å². The number of rotatable bonds is 9. The van der Waals surface area contributed by atoms with E-state index in [9.17, 15) is 25.3 Å². The predicted molar refractivity (Wildman–Crippen MR) is 142 cm³/mol. The van der Waals surface area contributed by atoms with E-state index < -0.39 is 72.4 Å². The molecule has 0 radical (unpaired) electrons. The second kappa shape index (κ2) is 13.6. The van der Waals surface area contributed by atoms with E-state index >= 15 is 0 Å². The molecular weight excluding hydrogens is 530 g/mol. The Balaban J connectivity index is 1.94. The Morgan fingerprint density at radius 2 is 2.00 bits per heavy atom. The number of nitrogens with zero attached hydrogens (tertiary/aromatic N) is 2. The van der Waals surface area contributed by atoms with E-state index in [4.69, 9.17) is 42.9 Å². The monoisotopic (exact) mass is 575 g/mol. The van der Waals surface area contributed by atoms with Crippen LogP contribution in [0.1, 0.15) is 19.8 Å². The third kappa shape index (κ3) is 7.11. The predicted octanol–water partition coefficient (Wildman–Crippen LogP) is -4.86. The van der Waals surface area contributed by atoms with Gasteiger partial charge in [0.2, 0.25) is 0 Å². The lowest BCUT2D eigenvalue weighted by Gasteiger charge is -2.50. The lowest BCUT2D eigenvalue weighted by molar-refractivity contribution is -0.297. The summed E-state index contributed by atoms with van der Waals surface area (Å²) < 4.78 is 17.9. The highest BCUT2D eigenvalue weighted by atomic mass is 16.7. The molecule has 2 fully saturated rings. The molecule has 2 aliphatic heterocycles. The van der Waals surface area contributed by atoms with Crippen molar-refractivity contribution in [1.82, 2.24) is 15.7 Å². The van der Waals surface area contributed by atoms with E-state index in [1.165, 1.54) is 6.92 Å². The summed E-state index contributed by atoms with van der Waals surface area (Å²) in [5, 5.41) is 49.2. The summed E-state index contributed by atoms with van der Waals surface area (Å²) in [6.07, 6.45) is -3.88. The standard InChI is InChI=1S/C23H45N9O8/c1-23(36)9-38-20(16(34)19(23)29-2)40-18-13(31-22(35)32(37)6-5-24)7-11(26)14(15(18)33)17-12(30-21(27)28)4-3-10(8-25)39-17/h3,11-20,29,33-34,36-37H,4-9,24-26H2,1-2H3,(H,31,35)(H4,27,28,30). The van der Waals surface area contributed by atoms with Gasteiger partial charge in [0, 0.05) is 18.5 Å². The van der Waals surface area contributed by atoms with Crippen LogP contribution >= 0.6 is 0 Å². The minimum Gasteiger partial charge on any atom is -0.491 e. The number of hydrogen-bond acceptors (Lipinski definition) is 13. The molecule has 16 N–H and O–H groups in total. The second-order valence-corrected chi connectivity index (χ2v) is 10.6. The van der Waals surface area contributed by atoms with Crippen molar-refractivity contribution in [2.45, 2.75) is 80.2 Å². The smallest absolute Gasteiger partial charge is 0.341 e. The molecule has 1 saturated heterocycles. The zero-order valence-electron chi connectivity index (χ0n) is 22.8. The first-order valence-corrected chi connectivity index (χ1v) is 13.2. The summed E-state index contributed by atoms with van der Waals surface area (Å²) in [6.45, 7) is 1.28. The van der Waals surface area contributed by atoms with Gasteiger partial charge in [0.15, 0.2) is 12.2 Å². The van der Waals surface area contributed by atoms with Gasteiger partial charge in [-0.1, -0.05) is 0 Å². The van der Waals surface area contributed by atoms with Gasteiger partial charge < -0.3 is 68.8 Å². The number of amides is 2. The number of nitrogens with two attached hydrogens (primary N) is 5. The quantitative estimate of drug-likeness (QED) is 0.0532. The van der Waals surface area contributed by atoms with Gasteiger partial charge in [-0.15, -0.1) is 0 Å². The Kier molecular flexibility index (Phi) is 10.9. The largest absolute Gasteiger partial charge is 0.491 e. The molecule has 1 saturated carbocycles. The van der Waals surface area contributed by atoms with Crippen LogP contribution in [0.4, 0.5) is 4.79 Å². The lowest BCUT2D eigenvalue weighted by Crippen LogP contribution is -2.69. The molecule has 0 aromatic rings. The van der Waals surface area contributed by atoms with E-state index in [0.717, 1.165) is 0 Å². The van der Waals surface area contributed by atoms with Gasteiger partial charge in [0.1, 0.15) is 29.7 Å². The summed E-state index contributed by atoms with van der Waals surface area (Å²) in [5.41, 5.74) is 27.7. The maximum atomic E-state index is 12.7. The number of urea groups is 1. The molecule has 3 rings (SSSR count). The number of likely N-dealkylation sites (N-methyl/N-ethyl adjacent to an activating group) is 1. The van der Waals surface area contributed by atoms with Gasteiger partial charge >= 0.3 is 6.03 Å². The molecule has 0 aromatic carbocycles. The molecule has 2 amide bonds. The summed E-state index contributed by atoms with van der Waals surface area (Å²) in [5.74, 6) is -0.520. The first kappa shape index (κ1) is 32.2. The molecule has 11 unspecified atom stereocenters. The number of hydroxylamine groups is 2. The number of nitrogens with one attached hydrogen (secondary N) is 2. The van der Waals surface area contributed by atoms with Crippen molar-refractivity contribution in [2.75, 3.05) is 33.3 Å². The van der Waals surface area contributed by atoms with E-state index in [1.807, 2.05) is 0 Å². The number of carbonyl (C=O) groups is 1. The van der Waals surface area contributed by atoms with Crippen LogP contribution in [0, 0.1) is 5.92 Å². The van der Waals surface area contributed by atoms with Crippen molar-refractivity contribution in [3.05, 3.63) is 11.8 Å². The van der Waals surface area contributed by atoms with E-state index in [1.54, 1.807) is 13.1 Å². The molecule has 0 spiro atoms. The zero-order chi connectivity index (χ0) is 29.8. The maximum Gasteiger partial charge on any atom is 0.341 e. The van der Waals surface area contributed by atoms with Crippen molar-refractivity contribution in [2.24, 2.45) is 39.6 Å². The number of hydrogen-bond donors (Lipinski definition) is 11. The molecule has 0 aromatic heterocycles. The highest BCUT2D eigenvalue weighted by Crippen LogP contribution is 2.37. The number of guanidine groups is 1. The minimum atomic E-state index is -1.41. The maximum absolute atomic E-state index is 12.7. The number of aliphatic hydroxyl groups excluding tert-OH is 2. The van der Waals surface area contributed by atoms with Crippen molar-refractivity contribution >= 4 is 12.0 Å². The van der Waals surface area contributed by atoms with E-state index in [0.29, 0.717) is 17.2 Å². The molecule has 17 nitrogen and oxygen atoms in total. The number of ether oxygens (including phenoxy) is 3. The SMILES string of the molecule is CNC1C(O)C(OC2C(NC(=O)N(O)CCN)CC(N)C(C3OC(CN)=CCC3N=C(N)N)C2O)OCC1(C)O. The topological polar surface area (TPSA) is 295 Å².